The molecular formula is C22H22F3N3O. The van der Waals surface area contributed by atoms with Crippen LogP contribution in [0, 0.1) is 5.92 Å². The zero-order chi connectivity index (χ0) is 20.8. The molecule has 1 saturated carbocycles. The van der Waals surface area contributed by atoms with Gasteiger partial charge in [-0.1, -0.05) is 24.3 Å². The number of nitrogens with one attached hydrogen (secondary N) is 1. The second-order valence-corrected chi connectivity index (χ2v) is 7.50. The van der Waals surface area contributed by atoms with Gasteiger partial charge in [0.2, 0.25) is 5.91 Å². The lowest BCUT2D eigenvalue weighted by Crippen LogP contribution is -2.30. The van der Waals surface area contributed by atoms with Crippen molar-refractivity contribution in [2.75, 3.05) is 0 Å². The van der Waals surface area contributed by atoms with Crippen LogP contribution >= 0.6 is 0 Å². The second-order valence-electron chi connectivity index (χ2n) is 7.50. The van der Waals surface area contributed by atoms with Crippen molar-refractivity contribution >= 4 is 16.9 Å². The van der Waals surface area contributed by atoms with Crippen LogP contribution in [0.1, 0.15) is 49.2 Å². The molecule has 3 aromatic rings. The zero-order valence-electron chi connectivity index (χ0n) is 16.2. The number of hydrogen-bond acceptors (Lipinski definition) is 2. The Kier molecular flexibility index (Phi) is 4.84. The van der Waals surface area contributed by atoms with E-state index >= 15 is 0 Å². The van der Waals surface area contributed by atoms with Crippen LogP contribution in [0.15, 0.2) is 48.5 Å². The summed E-state index contributed by atoms with van der Waals surface area (Å²) < 4.78 is 40.2. The van der Waals surface area contributed by atoms with E-state index < -0.39 is 11.7 Å². The molecule has 0 aliphatic heterocycles. The van der Waals surface area contributed by atoms with E-state index in [-0.39, 0.29) is 23.8 Å². The van der Waals surface area contributed by atoms with Crippen LogP contribution in [-0.2, 0) is 17.5 Å². The van der Waals surface area contributed by atoms with Crippen LogP contribution in [-0.4, -0.2) is 15.5 Å². The van der Waals surface area contributed by atoms with Gasteiger partial charge in [0.1, 0.15) is 5.82 Å². The Morgan fingerprint density at radius 3 is 2.55 bits per heavy atom. The first-order valence-corrected chi connectivity index (χ1v) is 9.72. The van der Waals surface area contributed by atoms with Crippen LogP contribution in [0.5, 0.6) is 0 Å². The predicted molar refractivity (Wildman–Crippen MR) is 104 cm³/mol. The Balaban J connectivity index is 1.44. The Hall–Kier alpha value is -2.83. The van der Waals surface area contributed by atoms with Crippen molar-refractivity contribution in [2.45, 2.75) is 44.9 Å². The number of imidazole rings is 1. The van der Waals surface area contributed by atoms with Gasteiger partial charge in [-0.2, -0.15) is 13.2 Å². The number of halogens is 3. The van der Waals surface area contributed by atoms with E-state index in [1.54, 1.807) is 0 Å². The molecule has 152 valence electrons. The van der Waals surface area contributed by atoms with Crippen LogP contribution in [0.2, 0.25) is 0 Å². The lowest BCUT2D eigenvalue weighted by atomic mass is 10.1. The molecule has 0 radical (unpaired) electrons. The van der Waals surface area contributed by atoms with Crippen molar-refractivity contribution in [3.8, 4) is 0 Å². The largest absolute Gasteiger partial charge is 0.416 e. The van der Waals surface area contributed by atoms with E-state index in [4.69, 9.17) is 0 Å². The van der Waals surface area contributed by atoms with Crippen molar-refractivity contribution < 1.29 is 18.0 Å². The van der Waals surface area contributed by atoms with Gasteiger partial charge in [0.15, 0.2) is 0 Å². The van der Waals surface area contributed by atoms with Gasteiger partial charge in [0.25, 0.3) is 0 Å². The monoisotopic (exact) mass is 401 g/mol. The Morgan fingerprint density at radius 2 is 1.90 bits per heavy atom. The van der Waals surface area contributed by atoms with E-state index in [1.165, 1.54) is 12.1 Å². The third kappa shape index (κ3) is 3.73. The maximum atomic E-state index is 12.7. The van der Waals surface area contributed by atoms with Gasteiger partial charge in [-0.3, -0.25) is 4.79 Å². The second kappa shape index (κ2) is 7.21. The summed E-state index contributed by atoms with van der Waals surface area (Å²) in [6.07, 6.45) is -3.70. The van der Waals surface area contributed by atoms with Gasteiger partial charge in [-0.05, 0) is 56.0 Å². The third-order valence-electron chi connectivity index (χ3n) is 5.54. The zero-order valence-corrected chi connectivity index (χ0v) is 16.2. The highest BCUT2D eigenvalue weighted by atomic mass is 19.4. The van der Waals surface area contributed by atoms with Gasteiger partial charge in [0.05, 0.1) is 22.6 Å². The molecular weight excluding hydrogens is 379 g/mol. The first kappa shape index (κ1) is 19.5. The summed E-state index contributed by atoms with van der Waals surface area (Å²) in [5.41, 5.74) is 2.02. The number of rotatable bonds is 5. The molecule has 1 aliphatic rings. The molecule has 1 aliphatic carbocycles. The molecule has 29 heavy (non-hydrogen) atoms. The SMILES string of the molecule is CCn1c(C(C)NC(=O)C2CC2c2ccc(C(F)(F)F)cc2)nc2ccccc21. The number of hydrogen-bond donors (Lipinski definition) is 1. The Labute approximate surface area is 166 Å². The summed E-state index contributed by atoms with van der Waals surface area (Å²) in [5, 5.41) is 3.03. The van der Waals surface area contributed by atoms with Crippen molar-refractivity contribution in [1.29, 1.82) is 0 Å². The number of carbonyl (C=O) groups excluding carboxylic acids is 1. The average Bonchev–Trinajstić information content (AvgIpc) is 3.41. The quantitative estimate of drug-likeness (QED) is 0.650. The lowest BCUT2D eigenvalue weighted by Gasteiger charge is -2.15. The molecule has 1 aromatic heterocycles. The molecule has 4 nitrogen and oxygen atoms in total. The van der Waals surface area contributed by atoms with Crippen LogP contribution in [0.3, 0.4) is 0 Å². The van der Waals surface area contributed by atoms with Crippen molar-refractivity contribution in [2.24, 2.45) is 5.92 Å². The molecule has 3 atom stereocenters. The van der Waals surface area contributed by atoms with Crippen molar-refractivity contribution in [3.05, 3.63) is 65.5 Å². The van der Waals surface area contributed by atoms with Gasteiger partial charge >= 0.3 is 6.18 Å². The third-order valence-corrected chi connectivity index (χ3v) is 5.54. The number of benzene rings is 2. The summed E-state index contributed by atoms with van der Waals surface area (Å²) in [4.78, 5) is 17.4. The van der Waals surface area contributed by atoms with Crippen LogP contribution < -0.4 is 5.32 Å². The number of carbonyl (C=O) groups is 1. The van der Waals surface area contributed by atoms with Gasteiger partial charge in [-0.25, -0.2) is 4.98 Å². The maximum Gasteiger partial charge on any atom is 0.416 e. The molecule has 1 fully saturated rings. The molecule has 1 amide bonds. The lowest BCUT2D eigenvalue weighted by molar-refractivity contribution is -0.137. The topological polar surface area (TPSA) is 46.9 Å². The minimum Gasteiger partial charge on any atom is -0.346 e. The highest BCUT2D eigenvalue weighted by Crippen LogP contribution is 2.48. The minimum absolute atomic E-state index is 0.0329. The van der Waals surface area contributed by atoms with E-state index in [1.807, 2.05) is 38.1 Å². The number of nitrogens with zero attached hydrogens (tertiary/aromatic N) is 2. The molecule has 3 unspecified atom stereocenters. The van der Waals surface area contributed by atoms with Crippen molar-refractivity contribution in [3.63, 3.8) is 0 Å². The molecule has 7 heteroatoms. The number of amides is 1. The Morgan fingerprint density at radius 1 is 1.21 bits per heavy atom. The molecule has 1 N–H and O–H groups in total. The van der Waals surface area contributed by atoms with E-state index in [0.717, 1.165) is 41.1 Å². The number of para-hydroxylation sites is 2. The minimum atomic E-state index is -4.35. The fourth-order valence-electron chi connectivity index (χ4n) is 3.91. The first-order valence-electron chi connectivity index (χ1n) is 9.72. The fourth-order valence-corrected chi connectivity index (χ4v) is 3.91. The Bertz CT molecular complexity index is 1040. The van der Waals surface area contributed by atoms with Crippen LogP contribution in [0.25, 0.3) is 11.0 Å². The summed E-state index contributed by atoms with van der Waals surface area (Å²) in [6.45, 7) is 4.68. The summed E-state index contributed by atoms with van der Waals surface area (Å²) in [5.74, 6) is 0.467. The van der Waals surface area contributed by atoms with E-state index in [0.29, 0.717) is 6.42 Å². The summed E-state index contributed by atoms with van der Waals surface area (Å²) >= 11 is 0. The fraction of sp³-hybridized carbons (Fsp3) is 0.364. The van der Waals surface area contributed by atoms with Gasteiger partial charge in [-0.15, -0.1) is 0 Å². The molecule has 0 bridgehead atoms. The predicted octanol–water partition coefficient (Wildman–Crippen LogP) is 5.06. The molecule has 1 heterocycles. The van der Waals surface area contributed by atoms with Crippen LogP contribution in [0.4, 0.5) is 13.2 Å². The average molecular weight is 401 g/mol. The van der Waals surface area contributed by atoms with E-state index in [2.05, 4.69) is 14.9 Å². The maximum absolute atomic E-state index is 12.7. The van der Waals surface area contributed by atoms with Gasteiger partial charge < -0.3 is 9.88 Å². The molecule has 2 aromatic carbocycles. The number of fused-ring (bicyclic) bond motifs is 1. The first-order chi connectivity index (χ1) is 13.8. The van der Waals surface area contributed by atoms with Crippen molar-refractivity contribution in [1.82, 2.24) is 14.9 Å². The molecule has 4 rings (SSSR count). The summed E-state index contributed by atoms with van der Waals surface area (Å²) in [6, 6.07) is 12.7. The molecule has 0 saturated heterocycles. The highest BCUT2D eigenvalue weighted by molar-refractivity contribution is 5.83. The normalized spacial score (nSPS) is 19.9. The number of alkyl halides is 3. The number of aryl methyl sites for hydroxylation is 1. The molecule has 0 spiro atoms. The standard InChI is InChI=1S/C22H22F3N3O/c1-3-28-19-7-5-4-6-18(19)27-20(28)13(2)26-21(29)17-12-16(17)14-8-10-15(11-9-14)22(23,24)25/h4-11,13,16-17H,3,12H2,1-2H3,(H,26,29). The smallest absolute Gasteiger partial charge is 0.346 e. The highest BCUT2D eigenvalue weighted by Gasteiger charge is 2.44. The van der Waals surface area contributed by atoms with Gasteiger partial charge in [0, 0.05) is 12.5 Å². The number of aromatic nitrogens is 2. The van der Waals surface area contributed by atoms with E-state index in [9.17, 15) is 18.0 Å². The summed E-state index contributed by atoms with van der Waals surface area (Å²) in [7, 11) is 0.